The first-order valence-electron chi connectivity index (χ1n) is 9.04. The van der Waals surface area contributed by atoms with E-state index in [0.29, 0.717) is 11.1 Å². The summed E-state index contributed by atoms with van der Waals surface area (Å²) in [5.74, 6) is -0.603. The average Bonchev–Trinajstić information content (AvgIpc) is 2.67. The van der Waals surface area contributed by atoms with Crippen molar-refractivity contribution in [3.63, 3.8) is 0 Å². The molecule has 2 aromatic rings. The number of rotatable bonds is 5. The summed E-state index contributed by atoms with van der Waals surface area (Å²) in [7, 11) is 0. The summed E-state index contributed by atoms with van der Waals surface area (Å²) in [5.41, 5.74) is 4.83. The Morgan fingerprint density at radius 2 is 1.60 bits per heavy atom. The van der Waals surface area contributed by atoms with Gasteiger partial charge in [0.2, 0.25) is 5.78 Å². The molecule has 1 atom stereocenters. The van der Waals surface area contributed by atoms with Crippen LogP contribution < -0.4 is 0 Å². The number of aryl methyl sites for hydroxylation is 3. The van der Waals surface area contributed by atoms with E-state index in [9.17, 15) is 9.59 Å². The summed E-state index contributed by atoms with van der Waals surface area (Å²) in [4.78, 5) is 24.9. The molecular weight excluding hydrogens is 312 g/mol. The van der Waals surface area contributed by atoms with Gasteiger partial charge in [-0.3, -0.25) is 4.79 Å². The molecule has 3 nitrogen and oxygen atoms in total. The molecule has 3 heteroatoms. The number of fused-ring (bicyclic) bond motifs is 1. The van der Waals surface area contributed by atoms with Crippen molar-refractivity contribution in [1.82, 2.24) is 0 Å². The fourth-order valence-electron chi connectivity index (χ4n) is 3.28. The Hall–Kier alpha value is -2.42. The van der Waals surface area contributed by atoms with Crippen LogP contribution in [0.1, 0.15) is 64.1 Å². The average molecular weight is 336 g/mol. The number of ketones is 1. The van der Waals surface area contributed by atoms with Gasteiger partial charge in [-0.2, -0.15) is 0 Å². The number of hydrogen-bond acceptors (Lipinski definition) is 3. The summed E-state index contributed by atoms with van der Waals surface area (Å²) in [6, 6.07) is 13.2. The molecule has 0 unspecified atom stereocenters. The number of carbonyl (C=O) groups excluding carboxylic acids is 2. The van der Waals surface area contributed by atoms with Crippen LogP contribution in [0.15, 0.2) is 42.5 Å². The highest BCUT2D eigenvalue weighted by atomic mass is 16.5. The normalized spacial score (nSPS) is 14.5. The van der Waals surface area contributed by atoms with Crippen molar-refractivity contribution in [1.29, 1.82) is 0 Å². The summed E-state index contributed by atoms with van der Waals surface area (Å²) in [6.07, 6.45) is 4.59. The molecule has 1 aliphatic rings. The quantitative estimate of drug-likeness (QED) is 0.594. The predicted molar refractivity (Wildman–Crippen MR) is 98.1 cm³/mol. The highest BCUT2D eigenvalue weighted by molar-refractivity contribution is 6.01. The minimum absolute atomic E-state index is 0.172. The smallest absolute Gasteiger partial charge is 0.338 e. The second-order valence-electron chi connectivity index (χ2n) is 6.65. The van der Waals surface area contributed by atoms with E-state index in [-0.39, 0.29) is 5.78 Å². The van der Waals surface area contributed by atoms with Gasteiger partial charge in [0.1, 0.15) is 0 Å². The molecule has 0 aliphatic heterocycles. The maximum absolute atomic E-state index is 12.5. The van der Waals surface area contributed by atoms with Crippen LogP contribution in [0.2, 0.25) is 0 Å². The molecule has 0 saturated heterocycles. The Kier molecular flexibility index (Phi) is 5.32. The summed E-state index contributed by atoms with van der Waals surface area (Å²) < 4.78 is 5.41. The molecule has 0 spiro atoms. The van der Waals surface area contributed by atoms with Crippen LogP contribution in [0.25, 0.3) is 0 Å². The minimum atomic E-state index is -0.795. The third kappa shape index (κ3) is 3.98. The van der Waals surface area contributed by atoms with Crippen molar-refractivity contribution in [3.05, 3.63) is 70.3 Å². The second kappa shape index (κ2) is 7.64. The molecule has 3 rings (SSSR count). The van der Waals surface area contributed by atoms with Gasteiger partial charge in [-0.05, 0) is 67.9 Å². The monoisotopic (exact) mass is 336 g/mol. The third-order valence-electron chi connectivity index (χ3n) is 4.88. The Morgan fingerprint density at radius 3 is 2.28 bits per heavy atom. The van der Waals surface area contributed by atoms with E-state index in [1.54, 1.807) is 25.1 Å². The first-order valence-corrected chi connectivity index (χ1v) is 9.04. The molecule has 0 radical (unpaired) electrons. The summed E-state index contributed by atoms with van der Waals surface area (Å²) in [5, 5.41) is 0. The lowest BCUT2D eigenvalue weighted by Crippen LogP contribution is -2.24. The van der Waals surface area contributed by atoms with Crippen LogP contribution in [0.5, 0.6) is 0 Å². The lowest BCUT2D eigenvalue weighted by molar-refractivity contribution is 0.0318. The van der Waals surface area contributed by atoms with Gasteiger partial charge in [0.15, 0.2) is 6.10 Å². The van der Waals surface area contributed by atoms with E-state index in [0.717, 1.165) is 25.7 Å². The zero-order chi connectivity index (χ0) is 17.8. The molecule has 0 amide bonds. The van der Waals surface area contributed by atoms with Crippen molar-refractivity contribution in [2.75, 3.05) is 0 Å². The molecule has 0 fully saturated rings. The lowest BCUT2D eigenvalue weighted by atomic mass is 9.90. The first kappa shape index (κ1) is 17.4. The molecule has 0 bridgehead atoms. The SMILES string of the molecule is CCc1ccc(C(=O)[C@H](C)OC(=O)c2ccc3c(c2)CCCC3)cc1. The predicted octanol–water partition coefficient (Wildman–Crippen LogP) is 4.56. The Balaban J connectivity index is 1.68. The van der Waals surface area contributed by atoms with Gasteiger partial charge in [0.05, 0.1) is 5.56 Å². The van der Waals surface area contributed by atoms with Gasteiger partial charge < -0.3 is 4.74 Å². The highest BCUT2D eigenvalue weighted by Gasteiger charge is 2.21. The standard InChI is InChI=1S/C22H24O3/c1-3-16-8-10-18(11-9-16)21(23)15(2)25-22(24)20-13-12-17-6-4-5-7-19(17)14-20/h8-15H,3-7H2,1-2H3/t15-/m0/s1. The van der Waals surface area contributed by atoms with Gasteiger partial charge in [0.25, 0.3) is 0 Å². The van der Waals surface area contributed by atoms with Gasteiger partial charge in [-0.15, -0.1) is 0 Å². The number of esters is 1. The van der Waals surface area contributed by atoms with Crippen molar-refractivity contribution < 1.29 is 14.3 Å². The largest absolute Gasteiger partial charge is 0.451 e. The first-order chi connectivity index (χ1) is 12.1. The number of carbonyl (C=O) groups is 2. The van der Waals surface area contributed by atoms with Crippen LogP contribution in [-0.2, 0) is 24.0 Å². The molecule has 0 aromatic heterocycles. The van der Waals surface area contributed by atoms with E-state index >= 15 is 0 Å². The van der Waals surface area contributed by atoms with Crippen molar-refractivity contribution in [2.24, 2.45) is 0 Å². The molecule has 0 saturated carbocycles. The maximum Gasteiger partial charge on any atom is 0.338 e. The minimum Gasteiger partial charge on any atom is -0.451 e. The van der Waals surface area contributed by atoms with Crippen LogP contribution in [-0.4, -0.2) is 17.9 Å². The topological polar surface area (TPSA) is 43.4 Å². The molecule has 1 aliphatic carbocycles. The molecular formula is C22H24O3. The number of Topliss-reactive ketones (excluding diaryl/α,β-unsaturated/α-hetero) is 1. The zero-order valence-corrected chi connectivity index (χ0v) is 14.9. The summed E-state index contributed by atoms with van der Waals surface area (Å²) in [6.45, 7) is 3.70. The molecule has 2 aromatic carbocycles. The van der Waals surface area contributed by atoms with E-state index in [1.165, 1.54) is 23.1 Å². The zero-order valence-electron chi connectivity index (χ0n) is 14.9. The molecule has 0 heterocycles. The van der Waals surface area contributed by atoms with Crippen LogP contribution in [0.4, 0.5) is 0 Å². The number of benzene rings is 2. The van der Waals surface area contributed by atoms with E-state index in [2.05, 4.69) is 6.92 Å². The van der Waals surface area contributed by atoms with Gasteiger partial charge in [-0.25, -0.2) is 4.79 Å². The summed E-state index contributed by atoms with van der Waals surface area (Å²) >= 11 is 0. The van der Waals surface area contributed by atoms with E-state index < -0.39 is 12.1 Å². The van der Waals surface area contributed by atoms with Crippen LogP contribution in [0.3, 0.4) is 0 Å². The fraction of sp³-hybridized carbons (Fsp3) is 0.364. The second-order valence-corrected chi connectivity index (χ2v) is 6.65. The van der Waals surface area contributed by atoms with E-state index in [1.807, 2.05) is 24.3 Å². The number of hydrogen-bond donors (Lipinski definition) is 0. The Labute approximate surface area is 149 Å². The van der Waals surface area contributed by atoms with Gasteiger partial charge >= 0.3 is 5.97 Å². The van der Waals surface area contributed by atoms with Crippen molar-refractivity contribution >= 4 is 11.8 Å². The lowest BCUT2D eigenvalue weighted by Gasteiger charge is -2.17. The molecule has 25 heavy (non-hydrogen) atoms. The Bertz CT molecular complexity index is 774. The molecule has 0 N–H and O–H groups in total. The fourth-order valence-corrected chi connectivity index (χ4v) is 3.28. The molecule has 130 valence electrons. The van der Waals surface area contributed by atoms with Crippen LogP contribution >= 0.6 is 0 Å². The van der Waals surface area contributed by atoms with Crippen molar-refractivity contribution in [2.45, 2.75) is 52.1 Å². The van der Waals surface area contributed by atoms with E-state index in [4.69, 9.17) is 4.74 Å². The van der Waals surface area contributed by atoms with Gasteiger partial charge in [-0.1, -0.05) is 37.3 Å². The van der Waals surface area contributed by atoms with Gasteiger partial charge in [0, 0.05) is 5.56 Å². The third-order valence-corrected chi connectivity index (χ3v) is 4.88. The number of ether oxygens (including phenoxy) is 1. The van der Waals surface area contributed by atoms with Crippen molar-refractivity contribution in [3.8, 4) is 0 Å². The Morgan fingerprint density at radius 1 is 0.960 bits per heavy atom. The van der Waals surface area contributed by atoms with Crippen LogP contribution in [0, 0.1) is 0 Å². The highest BCUT2D eigenvalue weighted by Crippen LogP contribution is 2.23. The maximum atomic E-state index is 12.5.